The van der Waals surface area contributed by atoms with Gasteiger partial charge in [-0.25, -0.2) is 24.0 Å². The highest BCUT2D eigenvalue weighted by Crippen LogP contribution is 2.16. The molecular weight excluding hydrogens is 1390 g/mol. The van der Waals surface area contributed by atoms with Crippen LogP contribution in [0, 0.1) is 0 Å². The molecular formula is C85H153BrN9O10+5. The Morgan fingerprint density at radius 3 is 0.590 bits per heavy atom. The summed E-state index contributed by atoms with van der Waals surface area (Å²) in [5.74, 6) is 0.704. The lowest BCUT2D eigenvalue weighted by Gasteiger charge is -2.37. The highest BCUT2D eigenvalue weighted by atomic mass is 79.9. The van der Waals surface area contributed by atoms with Gasteiger partial charge in [0.2, 0.25) is 0 Å². The van der Waals surface area contributed by atoms with Gasteiger partial charge in [-0.15, -0.1) is 0 Å². The number of rotatable bonds is 40. The van der Waals surface area contributed by atoms with Gasteiger partial charge in [-0.1, -0.05) is 161 Å². The molecule has 0 aliphatic heterocycles. The molecule has 0 bridgehead atoms. The summed E-state index contributed by atoms with van der Waals surface area (Å²) in [7, 11) is 12.2. The molecule has 0 fully saturated rings. The Labute approximate surface area is 648 Å². The molecule has 0 saturated carbocycles. The summed E-state index contributed by atoms with van der Waals surface area (Å²) in [6, 6.07) is 45.9. The first-order valence-electron chi connectivity index (χ1n) is 38.7. The van der Waals surface area contributed by atoms with Crippen LogP contribution in [0.1, 0.15) is 186 Å². The third-order valence-electron chi connectivity index (χ3n) is 18.0. The maximum absolute atomic E-state index is 12.0. The van der Waals surface area contributed by atoms with Crippen LogP contribution < -0.4 is 22.9 Å². The van der Waals surface area contributed by atoms with E-state index in [1.54, 1.807) is 60.7 Å². The van der Waals surface area contributed by atoms with Gasteiger partial charge in [0.1, 0.15) is 65.8 Å². The van der Waals surface area contributed by atoms with E-state index >= 15 is 0 Å². The first-order valence-corrected chi connectivity index (χ1v) is 40.3. The predicted molar refractivity (Wildman–Crippen MR) is 446 cm³/mol. The zero-order chi connectivity index (χ0) is 80.7. The van der Waals surface area contributed by atoms with Crippen molar-refractivity contribution in [2.75, 3.05) is 199 Å². The molecule has 0 aliphatic carbocycles. The van der Waals surface area contributed by atoms with Gasteiger partial charge >= 0.3 is 29.8 Å². The van der Waals surface area contributed by atoms with Gasteiger partial charge in [-0.2, -0.15) is 0 Å². The van der Waals surface area contributed by atoms with Crippen LogP contribution in [0.3, 0.4) is 0 Å². The number of nitrogens with zero attached hydrogens (tertiary/aromatic N) is 5. The molecule has 0 aliphatic rings. The number of quaternary nitrogens is 5. The van der Waals surface area contributed by atoms with E-state index in [-0.39, 0.29) is 29.8 Å². The molecule has 2 atom stereocenters. The molecule has 2 unspecified atom stereocenters. The quantitative estimate of drug-likeness (QED) is 0.0124. The van der Waals surface area contributed by atoms with Crippen molar-refractivity contribution in [2.45, 2.75) is 134 Å². The maximum atomic E-state index is 12.0. The van der Waals surface area contributed by atoms with Gasteiger partial charge in [-0.05, 0) is 175 Å². The summed E-state index contributed by atoms with van der Waals surface area (Å²) >= 11 is 2.94. The number of ether oxygens (including phenoxy) is 5. The van der Waals surface area contributed by atoms with Crippen molar-refractivity contribution in [3.63, 3.8) is 0 Å². The van der Waals surface area contributed by atoms with Crippen LogP contribution in [0.25, 0.3) is 0 Å². The van der Waals surface area contributed by atoms with E-state index in [0.29, 0.717) is 60.9 Å². The molecule has 0 radical (unpaired) electrons. The van der Waals surface area contributed by atoms with Gasteiger partial charge in [0.05, 0.1) is 127 Å². The first kappa shape index (κ1) is 107. The smallest absolute Gasteiger partial charge is 0.338 e. The highest BCUT2D eigenvalue weighted by Gasteiger charge is 2.27. The Bertz CT molecular complexity index is 2680. The Morgan fingerprint density at radius 1 is 0.257 bits per heavy atom. The van der Waals surface area contributed by atoms with Gasteiger partial charge in [-0.3, -0.25) is 0 Å². The fourth-order valence-corrected chi connectivity index (χ4v) is 11.5. The Kier molecular flexibility index (Phi) is 72.0. The third kappa shape index (κ3) is 50.7. The van der Waals surface area contributed by atoms with Crippen LogP contribution in [-0.2, 0) is 23.7 Å². The average Bonchev–Trinajstić information content (AvgIpc) is 0.876. The second-order valence-electron chi connectivity index (χ2n) is 25.7. The summed E-state index contributed by atoms with van der Waals surface area (Å²) in [6.45, 7) is 47.1. The number of esters is 5. The Balaban J connectivity index is -0.000000386. The zero-order valence-corrected chi connectivity index (χ0v) is 71.2. The molecule has 20 heteroatoms. The number of alkyl halides is 1. The number of carbonyl (C=O) groups is 5. The molecule has 5 aromatic rings. The molecule has 5 aromatic carbocycles. The summed E-state index contributed by atoms with van der Waals surface area (Å²) in [5.41, 5.74) is 21.1. The number of hydrogen-bond donors (Lipinski definition) is 4. The van der Waals surface area contributed by atoms with Crippen molar-refractivity contribution in [3.8, 4) is 0 Å². The molecule has 600 valence electrons. The number of likely N-dealkylation sites (N-methyl/N-ethyl adjacent to an activating group) is 5. The monoisotopic (exact) mass is 1540 g/mol. The molecule has 0 amide bonds. The minimum atomic E-state index is -0.246. The van der Waals surface area contributed by atoms with Gasteiger partial charge < -0.3 is 69.0 Å². The molecule has 105 heavy (non-hydrogen) atoms. The summed E-state index contributed by atoms with van der Waals surface area (Å²) in [5, 5.41) is 0. The molecule has 0 aromatic heterocycles. The van der Waals surface area contributed by atoms with Crippen LogP contribution in [0.2, 0.25) is 0 Å². The number of benzene rings is 5. The minimum Gasteiger partial charge on any atom is -0.456 e. The summed E-state index contributed by atoms with van der Waals surface area (Å²) < 4.78 is 31.8. The number of hydrogen-bond acceptors (Lipinski definition) is 14. The standard InChI is InChI=1S/2C18H30NO2.C17H28NO2.C15H24NO2.C12H18NO2.CH3Br.4CH5N/c2*1-4-7-14-19(6-3,13-5-2)15-16-21-18(20)17-11-9-8-10-12-17;1-4-12-18(6-3,13-5-2)14-15-20-17(19)16-10-8-7-9-11-16;1-4-16(5-2,6-3)12-13-18-15(17)14-10-8-7-9-11-14;1-13(2,3)9-10-15-12(14)11-7-5-4-6-8-11;5*1-2/h2*8-12H,4-7,13-16H2,1-3H3;7-11H,4-6,12-15H2,1-3H3;7-11H,4-6,12-13H2,1-3H3;4-8H,9-10H2,1-3H3;1H3;4*2H2,1H3/q5*+1;;;;;. The van der Waals surface area contributed by atoms with E-state index in [4.69, 9.17) is 23.7 Å². The largest absolute Gasteiger partial charge is 0.456 e. The SMILES string of the molecule is CBr.CCCC[N+](CC)(CCC)CCOC(=O)c1ccccc1.CCCC[N+](CC)(CCC)CCOC(=O)c1ccccc1.CCC[N+](CC)(CCC)CCOC(=O)c1ccccc1.CC[N+](CC)(CC)CCOC(=O)c1ccccc1.CN.CN.CN.CN.C[N+](C)(C)CCOC(=O)c1ccccc1. The van der Waals surface area contributed by atoms with Crippen molar-refractivity contribution >= 4 is 45.8 Å². The van der Waals surface area contributed by atoms with Crippen molar-refractivity contribution in [1.82, 2.24) is 0 Å². The van der Waals surface area contributed by atoms with Crippen LogP contribution in [0.4, 0.5) is 0 Å². The number of nitrogens with two attached hydrogens (primary N) is 4. The first-order chi connectivity index (χ1) is 50.7. The zero-order valence-electron chi connectivity index (χ0n) is 69.7. The van der Waals surface area contributed by atoms with Crippen molar-refractivity contribution in [1.29, 1.82) is 0 Å². The second kappa shape index (κ2) is 70.5. The van der Waals surface area contributed by atoms with Gasteiger partial charge in [0, 0.05) is 0 Å². The molecule has 0 saturated heterocycles. The fourth-order valence-electron chi connectivity index (χ4n) is 11.5. The molecule has 8 N–H and O–H groups in total. The lowest BCUT2D eigenvalue weighted by atomic mass is 10.2. The second-order valence-corrected chi connectivity index (χ2v) is 25.7. The van der Waals surface area contributed by atoms with Crippen LogP contribution in [-0.4, -0.2) is 252 Å². The summed E-state index contributed by atoms with van der Waals surface area (Å²) in [4.78, 5) is 59.1. The van der Waals surface area contributed by atoms with E-state index in [2.05, 4.69) is 143 Å². The number of halogens is 1. The van der Waals surface area contributed by atoms with Crippen LogP contribution in [0.5, 0.6) is 0 Å². The van der Waals surface area contributed by atoms with Crippen molar-refractivity contribution in [3.05, 3.63) is 179 Å². The number of carbonyl (C=O) groups excluding carboxylic acids is 5. The molecule has 5 rings (SSSR count). The molecule has 0 spiro atoms. The van der Waals surface area contributed by atoms with Gasteiger partial charge in [0.15, 0.2) is 0 Å². The molecule has 0 heterocycles. The lowest BCUT2D eigenvalue weighted by Crippen LogP contribution is -2.51. The lowest BCUT2D eigenvalue weighted by molar-refractivity contribution is -0.926. The van der Waals surface area contributed by atoms with Crippen molar-refractivity contribution in [2.24, 2.45) is 22.9 Å². The van der Waals surface area contributed by atoms with Crippen molar-refractivity contribution < 1.29 is 70.1 Å². The third-order valence-corrected chi connectivity index (χ3v) is 18.0. The van der Waals surface area contributed by atoms with Crippen LogP contribution >= 0.6 is 15.9 Å². The van der Waals surface area contributed by atoms with E-state index in [0.717, 1.165) is 107 Å². The fraction of sp³-hybridized carbons (Fsp3) is 0.588. The highest BCUT2D eigenvalue weighted by molar-refractivity contribution is 9.08. The van der Waals surface area contributed by atoms with E-state index < -0.39 is 0 Å². The van der Waals surface area contributed by atoms with E-state index in [9.17, 15) is 24.0 Å². The summed E-state index contributed by atoms with van der Waals surface area (Å²) in [6.07, 6.45) is 9.58. The average molecular weight is 1540 g/mol. The predicted octanol–water partition coefficient (Wildman–Crippen LogP) is 14.9. The number of unbranched alkanes of at least 4 members (excludes halogenated alkanes) is 2. The normalized spacial score (nSPS) is 11.4. The van der Waals surface area contributed by atoms with Gasteiger partial charge in [0.25, 0.3) is 0 Å². The van der Waals surface area contributed by atoms with Crippen LogP contribution in [0.15, 0.2) is 152 Å². The topological polar surface area (TPSA) is 236 Å². The molecule has 19 nitrogen and oxygen atoms in total. The van der Waals surface area contributed by atoms with E-state index in [1.165, 1.54) is 106 Å². The maximum Gasteiger partial charge on any atom is 0.338 e. The minimum absolute atomic E-state index is 0.211. The Hall–Kier alpha value is -6.43. The van der Waals surface area contributed by atoms with E-state index in [1.807, 2.05) is 96.8 Å². The Morgan fingerprint density at radius 2 is 0.429 bits per heavy atom.